The van der Waals surface area contributed by atoms with Crippen LogP contribution < -0.4 is 11.1 Å². The highest BCUT2D eigenvalue weighted by Gasteiger charge is 2.23. The Labute approximate surface area is 118 Å². The van der Waals surface area contributed by atoms with Gasteiger partial charge in [0.15, 0.2) is 0 Å². The van der Waals surface area contributed by atoms with E-state index < -0.39 is 0 Å². The summed E-state index contributed by atoms with van der Waals surface area (Å²) >= 11 is 0. The van der Waals surface area contributed by atoms with Crippen LogP contribution >= 0.6 is 0 Å². The van der Waals surface area contributed by atoms with Crippen LogP contribution in [0.4, 0.5) is 0 Å². The monoisotopic (exact) mass is 268 g/mol. The Morgan fingerprint density at radius 1 is 1.26 bits per heavy atom. The SMILES string of the molecule is CCCC(CC1CCCCC1)C(=O)NCCC(C)N. The van der Waals surface area contributed by atoms with Crippen molar-refractivity contribution in [2.45, 2.75) is 77.7 Å². The third-order valence-electron chi connectivity index (χ3n) is 4.25. The summed E-state index contributed by atoms with van der Waals surface area (Å²) in [4.78, 5) is 12.2. The Morgan fingerprint density at radius 3 is 2.53 bits per heavy atom. The second-order valence-corrected chi connectivity index (χ2v) is 6.28. The molecule has 1 saturated carbocycles. The molecule has 1 aliphatic rings. The van der Waals surface area contributed by atoms with Gasteiger partial charge in [-0.2, -0.15) is 0 Å². The highest BCUT2D eigenvalue weighted by atomic mass is 16.1. The number of nitrogens with one attached hydrogen (secondary N) is 1. The van der Waals surface area contributed by atoms with Gasteiger partial charge in [-0.15, -0.1) is 0 Å². The van der Waals surface area contributed by atoms with Gasteiger partial charge in [0.05, 0.1) is 0 Å². The molecule has 0 bridgehead atoms. The van der Waals surface area contributed by atoms with Crippen molar-refractivity contribution in [3.63, 3.8) is 0 Å². The molecule has 0 aromatic carbocycles. The van der Waals surface area contributed by atoms with Gasteiger partial charge in [0.25, 0.3) is 0 Å². The zero-order chi connectivity index (χ0) is 14.1. The van der Waals surface area contributed by atoms with E-state index in [1.165, 1.54) is 32.1 Å². The molecule has 3 nitrogen and oxygen atoms in total. The van der Waals surface area contributed by atoms with E-state index in [0.717, 1.165) is 38.1 Å². The molecule has 0 radical (unpaired) electrons. The number of amides is 1. The average molecular weight is 268 g/mol. The van der Waals surface area contributed by atoms with E-state index in [0.29, 0.717) is 0 Å². The van der Waals surface area contributed by atoms with Crippen molar-refractivity contribution >= 4 is 5.91 Å². The van der Waals surface area contributed by atoms with Crippen LogP contribution in [0.1, 0.15) is 71.6 Å². The first kappa shape index (κ1) is 16.5. The number of rotatable bonds is 8. The molecule has 0 saturated heterocycles. The second-order valence-electron chi connectivity index (χ2n) is 6.28. The summed E-state index contributed by atoms with van der Waals surface area (Å²) in [5.41, 5.74) is 5.71. The Bertz CT molecular complexity index is 247. The number of nitrogens with two attached hydrogens (primary N) is 1. The summed E-state index contributed by atoms with van der Waals surface area (Å²) < 4.78 is 0. The Hall–Kier alpha value is -0.570. The lowest BCUT2D eigenvalue weighted by molar-refractivity contribution is -0.125. The molecule has 112 valence electrons. The maximum atomic E-state index is 12.2. The normalized spacial score (nSPS) is 19.9. The van der Waals surface area contributed by atoms with E-state index in [4.69, 9.17) is 5.73 Å². The largest absolute Gasteiger partial charge is 0.356 e. The number of carbonyl (C=O) groups is 1. The van der Waals surface area contributed by atoms with Gasteiger partial charge in [-0.05, 0) is 32.1 Å². The van der Waals surface area contributed by atoms with Crippen LogP contribution in [0, 0.1) is 11.8 Å². The summed E-state index contributed by atoms with van der Waals surface area (Å²) in [6, 6.07) is 0.170. The predicted octanol–water partition coefficient (Wildman–Crippen LogP) is 3.23. The van der Waals surface area contributed by atoms with Gasteiger partial charge in [-0.25, -0.2) is 0 Å². The third kappa shape index (κ3) is 6.95. The van der Waals surface area contributed by atoms with Crippen LogP contribution in [0.2, 0.25) is 0 Å². The molecule has 3 N–H and O–H groups in total. The molecule has 3 heteroatoms. The number of carbonyl (C=O) groups excluding carboxylic acids is 1. The molecule has 19 heavy (non-hydrogen) atoms. The fourth-order valence-electron chi connectivity index (χ4n) is 3.10. The summed E-state index contributed by atoms with van der Waals surface area (Å²) in [5.74, 6) is 1.26. The summed E-state index contributed by atoms with van der Waals surface area (Å²) in [6.07, 6.45) is 10.8. The zero-order valence-electron chi connectivity index (χ0n) is 12.8. The van der Waals surface area contributed by atoms with Gasteiger partial charge in [0.2, 0.25) is 5.91 Å². The minimum atomic E-state index is 0.170. The van der Waals surface area contributed by atoms with Crippen molar-refractivity contribution < 1.29 is 4.79 Å². The van der Waals surface area contributed by atoms with Crippen molar-refractivity contribution in [1.82, 2.24) is 5.32 Å². The molecule has 2 unspecified atom stereocenters. The Kier molecular flexibility index (Phi) is 8.11. The summed E-state index contributed by atoms with van der Waals surface area (Å²) in [7, 11) is 0. The van der Waals surface area contributed by atoms with Crippen LogP contribution in [-0.4, -0.2) is 18.5 Å². The zero-order valence-corrected chi connectivity index (χ0v) is 12.8. The van der Waals surface area contributed by atoms with E-state index in [2.05, 4.69) is 12.2 Å². The lowest BCUT2D eigenvalue weighted by atomic mass is 9.81. The Morgan fingerprint density at radius 2 is 1.95 bits per heavy atom. The molecule has 1 fully saturated rings. The highest BCUT2D eigenvalue weighted by molar-refractivity contribution is 5.78. The smallest absolute Gasteiger partial charge is 0.223 e. The quantitative estimate of drug-likeness (QED) is 0.710. The summed E-state index contributed by atoms with van der Waals surface area (Å²) in [5, 5.41) is 3.07. The molecule has 0 aliphatic heterocycles. The molecule has 0 aromatic heterocycles. The van der Waals surface area contributed by atoms with E-state index in [1.807, 2.05) is 6.92 Å². The topological polar surface area (TPSA) is 55.1 Å². The summed E-state index contributed by atoms with van der Waals surface area (Å²) in [6.45, 7) is 4.88. The van der Waals surface area contributed by atoms with Crippen LogP contribution in [0.15, 0.2) is 0 Å². The van der Waals surface area contributed by atoms with Crippen molar-refractivity contribution in [3.8, 4) is 0 Å². The molecule has 1 amide bonds. The van der Waals surface area contributed by atoms with Gasteiger partial charge in [-0.3, -0.25) is 4.79 Å². The van der Waals surface area contributed by atoms with Gasteiger partial charge < -0.3 is 11.1 Å². The van der Waals surface area contributed by atoms with Gasteiger partial charge in [0.1, 0.15) is 0 Å². The van der Waals surface area contributed by atoms with Gasteiger partial charge >= 0.3 is 0 Å². The molecule has 1 rings (SSSR count). The fourth-order valence-corrected chi connectivity index (χ4v) is 3.10. The second kappa shape index (κ2) is 9.35. The number of hydrogen-bond donors (Lipinski definition) is 2. The van der Waals surface area contributed by atoms with E-state index >= 15 is 0 Å². The van der Waals surface area contributed by atoms with Crippen LogP contribution in [0.5, 0.6) is 0 Å². The maximum absolute atomic E-state index is 12.2. The van der Waals surface area contributed by atoms with E-state index in [9.17, 15) is 4.79 Å². The van der Waals surface area contributed by atoms with Crippen LogP contribution in [-0.2, 0) is 4.79 Å². The average Bonchev–Trinajstić information content (AvgIpc) is 2.39. The molecular formula is C16H32N2O. The molecule has 0 aromatic rings. The molecule has 1 aliphatic carbocycles. The third-order valence-corrected chi connectivity index (χ3v) is 4.25. The van der Waals surface area contributed by atoms with Crippen molar-refractivity contribution in [3.05, 3.63) is 0 Å². The molecule has 0 heterocycles. The van der Waals surface area contributed by atoms with Crippen LogP contribution in [0.25, 0.3) is 0 Å². The maximum Gasteiger partial charge on any atom is 0.223 e. The highest BCUT2D eigenvalue weighted by Crippen LogP contribution is 2.30. The standard InChI is InChI=1S/C16H32N2O/c1-3-7-15(12-14-8-5-4-6-9-14)16(19)18-11-10-13(2)17/h13-15H,3-12,17H2,1-2H3,(H,18,19). The molecule has 2 atom stereocenters. The van der Waals surface area contributed by atoms with Crippen molar-refractivity contribution in [1.29, 1.82) is 0 Å². The fraction of sp³-hybridized carbons (Fsp3) is 0.938. The van der Waals surface area contributed by atoms with E-state index in [-0.39, 0.29) is 17.9 Å². The number of hydrogen-bond acceptors (Lipinski definition) is 2. The van der Waals surface area contributed by atoms with Crippen LogP contribution in [0.3, 0.4) is 0 Å². The lowest BCUT2D eigenvalue weighted by Gasteiger charge is -2.26. The minimum Gasteiger partial charge on any atom is -0.356 e. The molecule has 0 spiro atoms. The first-order chi connectivity index (χ1) is 9.13. The van der Waals surface area contributed by atoms with Crippen molar-refractivity contribution in [2.75, 3.05) is 6.54 Å². The molecular weight excluding hydrogens is 236 g/mol. The first-order valence-electron chi connectivity index (χ1n) is 8.16. The minimum absolute atomic E-state index is 0.170. The van der Waals surface area contributed by atoms with Gasteiger partial charge in [0, 0.05) is 18.5 Å². The van der Waals surface area contributed by atoms with E-state index in [1.54, 1.807) is 0 Å². The lowest BCUT2D eigenvalue weighted by Crippen LogP contribution is -2.34. The Balaban J connectivity index is 2.34. The predicted molar refractivity (Wildman–Crippen MR) is 80.9 cm³/mol. The first-order valence-corrected chi connectivity index (χ1v) is 8.16. The van der Waals surface area contributed by atoms with Gasteiger partial charge in [-0.1, -0.05) is 45.4 Å². The van der Waals surface area contributed by atoms with Crippen molar-refractivity contribution in [2.24, 2.45) is 17.6 Å².